The minimum Gasteiger partial charge on any atom is -0.306 e. The standard InChI is InChI=1S/C21H20ClFN4O3S/c1-14-11-20(27(25-14)17-6-4-5-16(22)13-17)24-21(28)15-7-8-18(23)19(12-15)31(29,30)26-9-2-3-10-26/h4-8,11-13H,2-3,9-10H2,1H3,(H,24,28). The van der Waals surface area contributed by atoms with Crippen molar-refractivity contribution < 1.29 is 17.6 Å². The van der Waals surface area contributed by atoms with E-state index >= 15 is 0 Å². The lowest BCUT2D eigenvalue weighted by Crippen LogP contribution is -2.29. The van der Waals surface area contributed by atoms with Crippen LogP contribution in [-0.2, 0) is 10.0 Å². The molecule has 0 unspecified atom stereocenters. The van der Waals surface area contributed by atoms with Crippen molar-refractivity contribution in [3.05, 3.63) is 70.6 Å². The van der Waals surface area contributed by atoms with E-state index in [0.717, 1.165) is 25.0 Å². The molecule has 4 rings (SSSR count). The Morgan fingerprint density at radius 1 is 1.13 bits per heavy atom. The average Bonchev–Trinajstić information content (AvgIpc) is 3.38. The highest BCUT2D eigenvalue weighted by atomic mass is 35.5. The Labute approximate surface area is 184 Å². The summed E-state index contributed by atoms with van der Waals surface area (Å²) in [5.41, 5.74) is 1.33. The zero-order chi connectivity index (χ0) is 22.2. The maximum absolute atomic E-state index is 14.4. The molecule has 0 radical (unpaired) electrons. The lowest BCUT2D eigenvalue weighted by Gasteiger charge is -2.16. The van der Waals surface area contributed by atoms with Crippen molar-refractivity contribution in [1.29, 1.82) is 0 Å². The molecule has 31 heavy (non-hydrogen) atoms. The van der Waals surface area contributed by atoms with E-state index in [1.54, 1.807) is 37.3 Å². The van der Waals surface area contributed by atoms with Gasteiger partial charge in [-0.3, -0.25) is 4.79 Å². The molecule has 1 fully saturated rings. The number of nitrogens with zero attached hydrogens (tertiary/aromatic N) is 3. The summed E-state index contributed by atoms with van der Waals surface area (Å²) in [5, 5.41) is 7.61. The van der Waals surface area contributed by atoms with Gasteiger partial charge in [-0.2, -0.15) is 9.40 Å². The van der Waals surface area contributed by atoms with E-state index in [2.05, 4.69) is 10.4 Å². The summed E-state index contributed by atoms with van der Waals surface area (Å²) in [4.78, 5) is 12.4. The molecule has 0 spiro atoms. The molecule has 0 aliphatic carbocycles. The van der Waals surface area contributed by atoms with E-state index < -0.39 is 26.6 Å². The molecule has 1 N–H and O–H groups in total. The number of rotatable bonds is 5. The smallest absolute Gasteiger partial charge is 0.256 e. The Morgan fingerprint density at radius 2 is 1.87 bits per heavy atom. The number of amides is 1. The van der Waals surface area contributed by atoms with Crippen molar-refractivity contribution in [3.63, 3.8) is 0 Å². The molecule has 1 aliphatic heterocycles. The van der Waals surface area contributed by atoms with Gasteiger partial charge in [-0.05, 0) is 56.2 Å². The van der Waals surface area contributed by atoms with Crippen molar-refractivity contribution in [2.24, 2.45) is 0 Å². The van der Waals surface area contributed by atoms with Gasteiger partial charge in [0.05, 0.1) is 11.4 Å². The Hall–Kier alpha value is -2.75. The molecule has 0 atom stereocenters. The molecule has 1 amide bonds. The first-order valence-electron chi connectivity index (χ1n) is 9.69. The molecule has 0 saturated carbocycles. The maximum atomic E-state index is 14.4. The summed E-state index contributed by atoms with van der Waals surface area (Å²) in [6.07, 6.45) is 1.46. The van der Waals surface area contributed by atoms with Gasteiger partial charge < -0.3 is 5.32 Å². The van der Waals surface area contributed by atoms with Crippen LogP contribution < -0.4 is 5.32 Å². The summed E-state index contributed by atoms with van der Waals surface area (Å²) in [7, 11) is -4.00. The number of aryl methyl sites for hydroxylation is 1. The summed E-state index contributed by atoms with van der Waals surface area (Å²) in [5.74, 6) is -1.10. The van der Waals surface area contributed by atoms with Crippen LogP contribution in [0.1, 0.15) is 28.9 Å². The lowest BCUT2D eigenvalue weighted by molar-refractivity contribution is 0.102. The van der Waals surface area contributed by atoms with E-state index in [-0.39, 0.29) is 5.56 Å². The summed E-state index contributed by atoms with van der Waals surface area (Å²) < 4.78 is 42.7. The number of nitrogens with one attached hydrogen (secondary N) is 1. The number of benzene rings is 2. The van der Waals surface area contributed by atoms with Gasteiger partial charge in [0.2, 0.25) is 10.0 Å². The monoisotopic (exact) mass is 462 g/mol. The zero-order valence-corrected chi connectivity index (χ0v) is 18.3. The molecule has 1 aliphatic rings. The number of carbonyl (C=O) groups excluding carboxylic acids is 1. The average molecular weight is 463 g/mol. The number of anilines is 1. The van der Waals surface area contributed by atoms with Crippen LogP contribution in [0.15, 0.2) is 53.4 Å². The summed E-state index contributed by atoms with van der Waals surface area (Å²) >= 11 is 6.06. The van der Waals surface area contributed by atoms with E-state index in [0.29, 0.717) is 35.3 Å². The predicted octanol–water partition coefficient (Wildman–Crippen LogP) is 4.01. The highest BCUT2D eigenvalue weighted by Gasteiger charge is 2.30. The summed E-state index contributed by atoms with van der Waals surface area (Å²) in [6.45, 7) is 2.46. The van der Waals surface area contributed by atoms with E-state index in [4.69, 9.17) is 11.6 Å². The third-order valence-corrected chi connectivity index (χ3v) is 7.15. The van der Waals surface area contributed by atoms with Crippen molar-refractivity contribution in [2.45, 2.75) is 24.7 Å². The molecule has 1 aromatic heterocycles. The van der Waals surface area contributed by atoms with Gasteiger partial charge in [0, 0.05) is 29.7 Å². The number of hydrogen-bond acceptors (Lipinski definition) is 4. The van der Waals surface area contributed by atoms with Crippen LogP contribution in [0, 0.1) is 12.7 Å². The van der Waals surface area contributed by atoms with Crippen LogP contribution in [-0.4, -0.2) is 41.5 Å². The number of aromatic nitrogens is 2. The molecular weight excluding hydrogens is 443 g/mol. The molecule has 0 bridgehead atoms. The van der Waals surface area contributed by atoms with Gasteiger partial charge in [-0.1, -0.05) is 17.7 Å². The predicted molar refractivity (Wildman–Crippen MR) is 116 cm³/mol. The Kier molecular flexibility index (Phi) is 5.83. The van der Waals surface area contributed by atoms with E-state index in [9.17, 15) is 17.6 Å². The lowest BCUT2D eigenvalue weighted by atomic mass is 10.2. The fourth-order valence-electron chi connectivity index (χ4n) is 3.49. The third-order valence-electron chi connectivity index (χ3n) is 5.00. The van der Waals surface area contributed by atoms with Gasteiger partial charge >= 0.3 is 0 Å². The normalized spacial score (nSPS) is 14.7. The maximum Gasteiger partial charge on any atom is 0.256 e. The Bertz CT molecular complexity index is 1250. The van der Waals surface area contributed by atoms with Crippen molar-refractivity contribution >= 4 is 33.3 Å². The van der Waals surface area contributed by atoms with Crippen molar-refractivity contribution in [2.75, 3.05) is 18.4 Å². The van der Waals surface area contributed by atoms with Crippen LogP contribution in [0.25, 0.3) is 5.69 Å². The molecule has 2 heterocycles. The van der Waals surface area contributed by atoms with Gasteiger partial charge in [0.15, 0.2) is 0 Å². The third kappa shape index (κ3) is 4.34. The quantitative estimate of drug-likeness (QED) is 0.621. The topological polar surface area (TPSA) is 84.3 Å². The first-order valence-corrected chi connectivity index (χ1v) is 11.5. The van der Waals surface area contributed by atoms with Crippen LogP contribution in [0.4, 0.5) is 10.2 Å². The van der Waals surface area contributed by atoms with Gasteiger partial charge in [0.25, 0.3) is 5.91 Å². The summed E-state index contributed by atoms with van der Waals surface area (Å²) in [6, 6.07) is 12.0. The fourth-order valence-corrected chi connectivity index (χ4v) is 5.28. The Balaban J connectivity index is 1.65. The minimum absolute atomic E-state index is 0.0238. The number of carbonyl (C=O) groups is 1. The van der Waals surface area contributed by atoms with Crippen molar-refractivity contribution in [1.82, 2.24) is 14.1 Å². The van der Waals surface area contributed by atoms with Gasteiger partial charge in [-0.15, -0.1) is 0 Å². The zero-order valence-electron chi connectivity index (χ0n) is 16.7. The number of sulfonamides is 1. The molecule has 10 heteroatoms. The second kappa shape index (κ2) is 8.41. The van der Waals surface area contributed by atoms with Crippen molar-refractivity contribution in [3.8, 4) is 5.69 Å². The molecule has 2 aromatic carbocycles. The Morgan fingerprint density at radius 3 is 2.58 bits per heavy atom. The van der Waals surface area contributed by atoms with E-state index in [1.165, 1.54) is 15.1 Å². The van der Waals surface area contributed by atoms with Crippen LogP contribution >= 0.6 is 11.6 Å². The second-order valence-electron chi connectivity index (χ2n) is 7.27. The first kappa shape index (κ1) is 21.5. The number of halogens is 2. The largest absolute Gasteiger partial charge is 0.306 e. The molecular formula is C21H20ClFN4O3S. The molecule has 7 nitrogen and oxygen atoms in total. The number of hydrogen-bond donors (Lipinski definition) is 1. The van der Waals surface area contributed by atoms with Crippen LogP contribution in [0.3, 0.4) is 0 Å². The van der Waals surface area contributed by atoms with Crippen LogP contribution in [0.5, 0.6) is 0 Å². The van der Waals surface area contributed by atoms with E-state index in [1.807, 2.05) is 0 Å². The van der Waals surface area contributed by atoms with Crippen LogP contribution in [0.2, 0.25) is 5.02 Å². The molecule has 1 saturated heterocycles. The fraction of sp³-hybridized carbons (Fsp3) is 0.238. The molecule has 162 valence electrons. The highest BCUT2D eigenvalue weighted by molar-refractivity contribution is 7.89. The van der Waals surface area contributed by atoms with Gasteiger partial charge in [0.1, 0.15) is 16.5 Å². The van der Waals surface area contributed by atoms with Gasteiger partial charge in [-0.25, -0.2) is 17.5 Å². The highest BCUT2D eigenvalue weighted by Crippen LogP contribution is 2.25. The first-order chi connectivity index (χ1) is 14.8. The second-order valence-corrected chi connectivity index (χ2v) is 9.62. The minimum atomic E-state index is -4.00. The molecule has 3 aromatic rings. The SMILES string of the molecule is Cc1cc(NC(=O)c2ccc(F)c(S(=O)(=O)N3CCCC3)c2)n(-c2cccc(Cl)c2)n1.